The van der Waals surface area contributed by atoms with E-state index >= 15 is 0 Å². The molecule has 0 bridgehead atoms. The summed E-state index contributed by atoms with van der Waals surface area (Å²) in [5, 5.41) is 1.00. The first-order chi connectivity index (χ1) is 9.83. The smallest absolute Gasteiger partial charge is 0.147 e. The second-order valence-corrected chi connectivity index (χ2v) is 4.61. The van der Waals surface area contributed by atoms with Crippen LogP contribution in [0.3, 0.4) is 0 Å². The van der Waals surface area contributed by atoms with Crippen LogP contribution in [0.4, 0.5) is 4.39 Å². The van der Waals surface area contributed by atoms with Crippen molar-refractivity contribution in [1.82, 2.24) is 14.4 Å². The number of halogens is 1. The fourth-order valence-electron chi connectivity index (χ4n) is 2.41. The van der Waals surface area contributed by atoms with Crippen LogP contribution in [-0.4, -0.2) is 14.4 Å². The summed E-state index contributed by atoms with van der Waals surface area (Å²) in [6, 6.07) is 14.3. The molecule has 3 nitrogen and oxygen atoms in total. The Morgan fingerprint density at radius 3 is 2.55 bits per heavy atom. The molecular weight excluding hydrogens is 253 g/mol. The molecule has 0 spiro atoms. The predicted molar refractivity (Wildman–Crippen MR) is 75.9 cm³/mol. The zero-order valence-electron chi connectivity index (χ0n) is 10.5. The minimum absolute atomic E-state index is 0.244. The van der Waals surface area contributed by atoms with Gasteiger partial charge in [0.2, 0.25) is 0 Å². The predicted octanol–water partition coefficient (Wildman–Crippen LogP) is 3.69. The Bertz CT molecular complexity index is 910. The lowest BCUT2D eigenvalue weighted by Gasteiger charge is -2.03. The largest absolute Gasteiger partial charge is 0.282 e. The molecule has 0 aliphatic heterocycles. The summed E-state index contributed by atoms with van der Waals surface area (Å²) in [5.41, 5.74) is 3.58. The summed E-state index contributed by atoms with van der Waals surface area (Å²) >= 11 is 0. The van der Waals surface area contributed by atoms with E-state index in [-0.39, 0.29) is 5.82 Å². The Kier molecular flexibility index (Phi) is 2.29. The van der Waals surface area contributed by atoms with Crippen molar-refractivity contribution in [3.8, 4) is 11.3 Å². The van der Waals surface area contributed by atoms with E-state index in [2.05, 4.69) is 9.97 Å². The lowest BCUT2D eigenvalue weighted by molar-refractivity contribution is 0.628. The molecule has 0 saturated heterocycles. The fourth-order valence-corrected chi connectivity index (χ4v) is 2.41. The zero-order valence-corrected chi connectivity index (χ0v) is 10.5. The normalized spacial score (nSPS) is 11.2. The molecule has 4 rings (SSSR count). The Morgan fingerprint density at radius 2 is 1.70 bits per heavy atom. The number of benzene rings is 2. The van der Waals surface area contributed by atoms with E-state index in [4.69, 9.17) is 0 Å². The molecule has 4 heteroatoms. The van der Waals surface area contributed by atoms with Gasteiger partial charge >= 0.3 is 0 Å². The molecule has 20 heavy (non-hydrogen) atoms. The van der Waals surface area contributed by atoms with Crippen molar-refractivity contribution in [2.75, 3.05) is 0 Å². The highest BCUT2D eigenvalue weighted by Gasteiger charge is 2.09. The third kappa shape index (κ3) is 1.58. The average molecular weight is 263 g/mol. The van der Waals surface area contributed by atoms with Crippen molar-refractivity contribution in [2.24, 2.45) is 0 Å². The summed E-state index contributed by atoms with van der Waals surface area (Å²) in [6.07, 6.45) is 3.54. The monoisotopic (exact) mass is 263 g/mol. The number of para-hydroxylation sites is 1. The Balaban J connectivity index is 2.02. The van der Waals surface area contributed by atoms with Gasteiger partial charge in [0.25, 0.3) is 0 Å². The first kappa shape index (κ1) is 11.1. The minimum Gasteiger partial charge on any atom is -0.282 e. The highest BCUT2D eigenvalue weighted by molar-refractivity contribution is 5.92. The van der Waals surface area contributed by atoms with Gasteiger partial charge in [0.15, 0.2) is 0 Å². The van der Waals surface area contributed by atoms with E-state index in [1.54, 1.807) is 24.7 Å². The number of rotatable bonds is 1. The van der Waals surface area contributed by atoms with Gasteiger partial charge in [-0.3, -0.25) is 4.40 Å². The molecule has 4 aromatic rings. The van der Waals surface area contributed by atoms with Crippen LogP contribution in [0.2, 0.25) is 0 Å². The van der Waals surface area contributed by atoms with Crippen LogP contribution >= 0.6 is 0 Å². The molecule has 0 atom stereocenters. The van der Waals surface area contributed by atoms with Crippen molar-refractivity contribution in [3.63, 3.8) is 0 Å². The summed E-state index contributed by atoms with van der Waals surface area (Å²) in [6.45, 7) is 0. The fraction of sp³-hybridized carbons (Fsp3) is 0. The van der Waals surface area contributed by atoms with E-state index in [9.17, 15) is 4.39 Å². The van der Waals surface area contributed by atoms with Gasteiger partial charge in [-0.1, -0.05) is 12.1 Å². The molecule has 0 saturated carbocycles. The molecule has 0 fully saturated rings. The molecule has 0 aliphatic rings. The second-order valence-electron chi connectivity index (χ2n) is 4.61. The van der Waals surface area contributed by atoms with Crippen molar-refractivity contribution >= 4 is 16.6 Å². The first-order valence-corrected chi connectivity index (χ1v) is 6.30. The van der Waals surface area contributed by atoms with E-state index in [0.717, 1.165) is 27.8 Å². The van der Waals surface area contributed by atoms with Gasteiger partial charge in [0.05, 0.1) is 17.4 Å². The third-order valence-electron chi connectivity index (χ3n) is 3.39. The van der Waals surface area contributed by atoms with Gasteiger partial charge in [-0.05, 0) is 36.4 Å². The average Bonchev–Trinajstić information content (AvgIpc) is 2.92. The molecular formula is C16H10FN3. The minimum atomic E-state index is -0.244. The van der Waals surface area contributed by atoms with Crippen LogP contribution in [0.1, 0.15) is 0 Å². The quantitative estimate of drug-likeness (QED) is 0.524. The Labute approximate surface area is 114 Å². The van der Waals surface area contributed by atoms with Gasteiger partial charge in [0.1, 0.15) is 17.8 Å². The van der Waals surface area contributed by atoms with Gasteiger partial charge in [-0.2, -0.15) is 0 Å². The van der Waals surface area contributed by atoms with Crippen LogP contribution in [-0.2, 0) is 0 Å². The topological polar surface area (TPSA) is 30.2 Å². The summed E-state index contributed by atoms with van der Waals surface area (Å²) in [4.78, 5) is 8.91. The van der Waals surface area contributed by atoms with Crippen LogP contribution in [0.15, 0.2) is 61.1 Å². The zero-order chi connectivity index (χ0) is 13.5. The molecule has 0 radical (unpaired) electrons. The molecule has 2 heterocycles. The molecule has 2 aromatic carbocycles. The maximum absolute atomic E-state index is 13.0. The summed E-state index contributed by atoms with van der Waals surface area (Å²) in [7, 11) is 0. The highest BCUT2D eigenvalue weighted by Crippen LogP contribution is 2.24. The van der Waals surface area contributed by atoms with Crippen LogP contribution in [0.5, 0.6) is 0 Å². The second kappa shape index (κ2) is 4.13. The number of nitrogens with zero attached hydrogens (tertiary/aromatic N) is 3. The van der Waals surface area contributed by atoms with Gasteiger partial charge in [0, 0.05) is 10.9 Å². The maximum Gasteiger partial charge on any atom is 0.147 e. The van der Waals surface area contributed by atoms with Crippen LogP contribution in [0, 0.1) is 5.82 Å². The summed E-state index contributed by atoms with van der Waals surface area (Å²) in [5.74, 6) is -0.244. The lowest BCUT2D eigenvalue weighted by Crippen LogP contribution is -1.92. The summed E-state index contributed by atoms with van der Waals surface area (Å²) < 4.78 is 14.9. The Morgan fingerprint density at radius 1 is 0.900 bits per heavy atom. The van der Waals surface area contributed by atoms with Crippen molar-refractivity contribution in [3.05, 3.63) is 66.9 Å². The molecule has 2 aromatic heterocycles. The first-order valence-electron chi connectivity index (χ1n) is 6.30. The van der Waals surface area contributed by atoms with Crippen LogP contribution < -0.4 is 0 Å². The van der Waals surface area contributed by atoms with E-state index in [0.29, 0.717) is 0 Å². The number of fused-ring (bicyclic) bond motifs is 3. The SMILES string of the molecule is Fc1ccc(-c2cnc3c4ccccc4ncn23)cc1. The number of hydrogen-bond donors (Lipinski definition) is 0. The Hall–Kier alpha value is -2.75. The number of aromatic nitrogens is 3. The highest BCUT2D eigenvalue weighted by atomic mass is 19.1. The number of hydrogen-bond acceptors (Lipinski definition) is 2. The van der Waals surface area contributed by atoms with Crippen molar-refractivity contribution < 1.29 is 4.39 Å². The van der Waals surface area contributed by atoms with Gasteiger partial charge in [-0.15, -0.1) is 0 Å². The third-order valence-corrected chi connectivity index (χ3v) is 3.39. The van der Waals surface area contributed by atoms with Crippen molar-refractivity contribution in [2.45, 2.75) is 0 Å². The van der Waals surface area contributed by atoms with Crippen LogP contribution in [0.25, 0.3) is 27.8 Å². The molecule has 0 N–H and O–H groups in total. The van der Waals surface area contributed by atoms with E-state index < -0.39 is 0 Å². The van der Waals surface area contributed by atoms with Gasteiger partial charge in [-0.25, -0.2) is 14.4 Å². The molecule has 0 amide bonds. The van der Waals surface area contributed by atoms with E-state index in [1.165, 1.54) is 12.1 Å². The molecule has 0 aliphatic carbocycles. The number of imidazole rings is 1. The standard InChI is InChI=1S/C16H10FN3/c17-12-7-5-11(6-8-12)15-9-18-16-13-3-1-2-4-14(13)19-10-20(15)16/h1-10H. The molecule has 96 valence electrons. The van der Waals surface area contributed by atoms with Crippen molar-refractivity contribution in [1.29, 1.82) is 0 Å². The maximum atomic E-state index is 13.0. The van der Waals surface area contributed by atoms with Gasteiger partial charge < -0.3 is 0 Å². The van der Waals surface area contributed by atoms with E-state index in [1.807, 2.05) is 28.7 Å². The lowest BCUT2D eigenvalue weighted by atomic mass is 10.1. The molecule has 0 unspecified atom stereocenters.